The predicted octanol–water partition coefficient (Wildman–Crippen LogP) is 2.19. The summed E-state index contributed by atoms with van der Waals surface area (Å²) >= 11 is 1.88. The molecule has 1 heterocycles. The van der Waals surface area contributed by atoms with E-state index in [0.29, 0.717) is 12.6 Å². The Morgan fingerprint density at radius 2 is 2.20 bits per heavy atom. The third kappa shape index (κ3) is 2.74. The average Bonchev–Trinajstić information content (AvgIpc) is 2.57. The van der Waals surface area contributed by atoms with Gasteiger partial charge in [-0.3, -0.25) is 0 Å². The molecule has 0 saturated heterocycles. The Hall–Kier alpha value is -0.510. The molecule has 82 valence electrons. The fourth-order valence-electron chi connectivity index (χ4n) is 1.70. The monoisotopic (exact) mass is 223 g/mol. The fraction of sp³-hybridized carbons (Fsp3) is 0.500. The molecule has 1 aromatic carbocycles. The van der Waals surface area contributed by atoms with Gasteiger partial charge in [0.25, 0.3) is 0 Å². The van der Waals surface area contributed by atoms with Gasteiger partial charge in [-0.25, -0.2) is 0 Å². The van der Waals surface area contributed by atoms with Gasteiger partial charge < -0.3 is 10.4 Å². The van der Waals surface area contributed by atoms with E-state index in [1.54, 1.807) is 0 Å². The molecule has 15 heavy (non-hydrogen) atoms. The van der Waals surface area contributed by atoms with Crippen molar-refractivity contribution in [3.63, 3.8) is 0 Å². The van der Waals surface area contributed by atoms with Crippen molar-refractivity contribution in [1.82, 2.24) is 5.32 Å². The number of hydrogen-bond acceptors (Lipinski definition) is 3. The van der Waals surface area contributed by atoms with Gasteiger partial charge in [0.1, 0.15) is 0 Å². The van der Waals surface area contributed by atoms with Gasteiger partial charge in [0.15, 0.2) is 0 Å². The first-order chi connectivity index (χ1) is 7.06. The summed E-state index contributed by atoms with van der Waals surface area (Å²) in [6.45, 7) is 4.29. The molecule has 1 aliphatic rings. The second-order valence-corrected chi connectivity index (χ2v) is 5.66. The lowest BCUT2D eigenvalue weighted by atomic mass is 10.1. The number of aliphatic hydroxyl groups is 1. The normalized spacial score (nSPS) is 20.3. The lowest BCUT2D eigenvalue weighted by Gasteiger charge is -2.21. The van der Waals surface area contributed by atoms with Crippen molar-refractivity contribution < 1.29 is 5.11 Å². The zero-order valence-corrected chi connectivity index (χ0v) is 9.97. The van der Waals surface area contributed by atoms with E-state index in [4.69, 9.17) is 0 Å². The van der Waals surface area contributed by atoms with Gasteiger partial charge in [0, 0.05) is 23.2 Å². The molecule has 1 aliphatic heterocycles. The van der Waals surface area contributed by atoms with Gasteiger partial charge in [-0.2, -0.15) is 0 Å². The molecule has 0 radical (unpaired) electrons. The molecule has 2 nitrogen and oxygen atoms in total. The van der Waals surface area contributed by atoms with E-state index >= 15 is 0 Å². The van der Waals surface area contributed by atoms with Crippen LogP contribution < -0.4 is 5.32 Å². The van der Waals surface area contributed by atoms with E-state index in [0.717, 1.165) is 5.75 Å². The van der Waals surface area contributed by atoms with E-state index in [-0.39, 0.29) is 0 Å². The van der Waals surface area contributed by atoms with Gasteiger partial charge >= 0.3 is 0 Å². The number of thioether (sulfide) groups is 1. The number of fused-ring (bicyclic) bond motifs is 1. The third-order valence-electron chi connectivity index (χ3n) is 2.48. The summed E-state index contributed by atoms with van der Waals surface area (Å²) in [5.74, 6) is 1.06. The van der Waals surface area contributed by atoms with Crippen molar-refractivity contribution in [2.75, 3.05) is 12.3 Å². The summed E-state index contributed by atoms with van der Waals surface area (Å²) < 4.78 is 0. The SMILES string of the molecule is CC(C)(O)CNC1CSc2ccccc21. The number of hydrogen-bond donors (Lipinski definition) is 2. The van der Waals surface area contributed by atoms with Crippen LogP contribution in [0.25, 0.3) is 0 Å². The minimum Gasteiger partial charge on any atom is -0.389 e. The number of benzene rings is 1. The minimum atomic E-state index is -0.637. The van der Waals surface area contributed by atoms with Crippen LogP contribution in [-0.4, -0.2) is 23.0 Å². The van der Waals surface area contributed by atoms with E-state index in [2.05, 4.69) is 29.6 Å². The lowest BCUT2D eigenvalue weighted by Crippen LogP contribution is -2.36. The Morgan fingerprint density at radius 3 is 2.93 bits per heavy atom. The van der Waals surface area contributed by atoms with Gasteiger partial charge in [-0.05, 0) is 25.5 Å². The van der Waals surface area contributed by atoms with Gasteiger partial charge in [-0.1, -0.05) is 18.2 Å². The van der Waals surface area contributed by atoms with Crippen molar-refractivity contribution in [1.29, 1.82) is 0 Å². The van der Waals surface area contributed by atoms with E-state index in [1.165, 1.54) is 10.5 Å². The van der Waals surface area contributed by atoms with Gasteiger partial charge in [-0.15, -0.1) is 11.8 Å². The van der Waals surface area contributed by atoms with Crippen LogP contribution in [0.2, 0.25) is 0 Å². The molecule has 0 spiro atoms. The Bertz CT molecular complexity index is 346. The quantitative estimate of drug-likeness (QED) is 0.824. The summed E-state index contributed by atoms with van der Waals surface area (Å²) in [7, 11) is 0. The third-order valence-corrected chi connectivity index (χ3v) is 3.66. The molecular formula is C12H17NOS. The van der Waals surface area contributed by atoms with Crippen LogP contribution in [0, 0.1) is 0 Å². The molecule has 1 aromatic rings. The minimum absolute atomic E-state index is 0.387. The van der Waals surface area contributed by atoms with Crippen molar-refractivity contribution in [2.45, 2.75) is 30.4 Å². The molecule has 3 heteroatoms. The molecule has 1 unspecified atom stereocenters. The molecule has 2 rings (SSSR count). The molecular weight excluding hydrogens is 206 g/mol. The predicted molar refractivity (Wildman–Crippen MR) is 64.2 cm³/mol. The summed E-state index contributed by atoms with van der Waals surface area (Å²) in [6.07, 6.45) is 0. The summed E-state index contributed by atoms with van der Waals surface area (Å²) in [4.78, 5) is 1.37. The number of rotatable bonds is 3. The fourth-order valence-corrected chi connectivity index (χ4v) is 2.90. The molecule has 0 aromatic heterocycles. The highest BCUT2D eigenvalue weighted by Gasteiger charge is 2.24. The summed E-state index contributed by atoms with van der Waals surface area (Å²) in [5.41, 5.74) is 0.731. The Balaban J connectivity index is 2.02. The van der Waals surface area contributed by atoms with Crippen molar-refractivity contribution in [3.8, 4) is 0 Å². The molecule has 1 atom stereocenters. The first kappa shape index (κ1) is 11.0. The largest absolute Gasteiger partial charge is 0.389 e. The first-order valence-electron chi connectivity index (χ1n) is 5.24. The first-order valence-corrected chi connectivity index (χ1v) is 6.22. The molecule has 0 saturated carbocycles. The summed E-state index contributed by atoms with van der Waals surface area (Å²) in [6, 6.07) is 8.86. The molecule has 0 amide bonds. The maximum Gasteiger partial charge on any atom is 0.0715 e. The highest BCUT2D eigenvalue weighted by Crippen LogP contribution is 2.37. The topological polar surface area (TPSA) is 32.3 Å². The van der Waals surface area contributed by atoms with Crippen LogP contribution >= 0.6 is 11.8 Å². The van der Waals surface area contributed by atoms with Crippen LogP contribution in [0.5, 0.6) is 0 Å². The Kier molecular flexibility index (Phi) is 3.05. The Labute approximate surface area is 95.1 Å². The van der Waals surface area contributed by atoms with Crippen molar-refractivity contribution in [2.24, 2.45) is 0 Å². The average molecular weight is 223 g/mol. The molecule has 2 N–H and O–H groups in total. The molecule has 0 bridgehead atoms. The zero-order valence-electron chi connectivity index (χ0n) is 9.16. The van der Waals surface area contributed by atoms with Crippen molar-refractivity contribution in [3.05, 3.63) is 29.8 Å². The zero-order chi connectivity index (χ0) is 10.9. The molecule has 0 fully saturated rings. The van der Waals surface area contributed by atoms with Gasteiger partial charge in [0.2, 0.25) is 0 Å². The second kappa shape index (κ2) is 4.16. The molecule has 0 aliphatic carbocycles. The standard InChI is InChI=1S/C12H17NOS/c1-12(2,14)8-13-10-7-15-11-6-4-3-5-9(10)11/h3-6,10,13-14H,7-8H2,1-2H3. The maximum atomic E-state index is 9.66. The van der Waals surface area contributed by atoms with Crippen LogP contribution in [0.3, 0.4) is 0 Å². The second-order valence-electron chi connectivity index (χ2n) is 4.59. The van der Waals surface area contributed by atoms with Crippen LogP contribution in [0.1, 0.15) is 25.5 Å². The van der Waals surface area contributed by atoms with E-state index in [9.17, 15) is 5.11 Å². The maximum absolute atomic E-state index is 9.66. The highest BCUT2D eigenvalue weighted by atomic mass is 32.2. The smallest absolute Gasteiger partial charge is 0.0715 e. The van der Waals surface area contributed by atoms with E-state index < -0.39 is 5.60 Å². The highest BCUT2D eigenvalue weighted by molar-refractivity contribution is 7.99. The van der Waals surface area contributed by atoms with Crippen LogP contribution in [0.15, 0.2) is 29.2 Å². The van der Waals surface area contributed by atoms with Crippen LogP contribution in [-0.2, 0) is 0 Å². The Morgan fingerprint density at radius 1 is 1.47 bits per heavy atom. The van der Waals surface area contributed by atoms with Gasteiger partial charge in [0.05, 0.1) is 5.60 Å². The summed E-state index contributed by atoms with van der Waals surface area (Å²) in [5, 5.41) is 13.1. The van der Waals surface area contributed by atoms with Crippen molar-refractivity contribution >= 4 is 11.8 Å². The lowest BCUT2D eigenvalue weighted by molar-refractivity contribution is 0.0772. The van der Waals surface area contributed by atoms with Crippen LogP contribution in [0.4, 0.5) is 0 Å². The van der Waals surface area contributed by atoms with E-state index in [1.807, 2.05) is 25.6 Å². The number of nitrogens with one attached hydrogen (secondary N) is 1.